The van der Waals surface area contributed by atoms with Gasteiger partial charge in [0.05, 0.1) is 11.2 Å². The largest absolute Gasteiger partial charge is 0.332 e. The average Bonchev–Trinajstić information content (AvgIpc) is 2.55. The molecule has 1 aromatic carbocycles. The molecule has 1 aliphatic heterocycles. The molecule has 1 aliphatic rings. The molecule has 0 saturated carbocycles. The minimum absolute atomic E-state index is 0.485. The molecule has 6 heteroatoms. The predicted molar refractivity (Wildman–Crippen MR) is 84.4 cm³/mol. The maximum Gasteiger partial charge on any atom is 0.313 e. The van der Waals surface area contributed by atoms with E-state index >= 15 is 0 Å². The van der Waals surface area contributed by atoms with E-state index < -0.39 is 11.8 Å². The van der Waals surface area contributed by atoms with Gasteiger partial charge in [0.25, 0.3) is 0 Å². The maximum absolute atomic E-state index is 12.2. The van der Waals surface area contributed by atoms with E-state index in [1.807, 2.05) is 31.3 Å². The zero-order valence-corrected chi connectivity index (χ0v) is 12.5. The molecule has 1 fully saturated rings. The third kappa shape index (κ3) is 2.92. The number of amides is 2. The summed E-state index contributed by atoms with van der Waals surface area (Å²) in [6, 6.07) is 9.26. The number of para-hydroxylation sites is 1. The van der Waals surface area contributed by atoms with Crippen LogP contribution in [0.2, 0.25) is 0 Å². The number of nitrogens with one attached hydrogen (secondary N) is 1. The van der Waals surface area contributed by atoms with E-state index in [9.17, 15) is 9.59 Å². The molecule has 0 aliphatic carbocycles. The Labute approximate surface area is 128 Å². The molecule has 2 aromatic rings. The topological polar surface area (TPSA) is 65.5 Å². The number of carbonyl (C=O) groups excluding carboxylic acids is 2. The minimum atomic E-state index is -0.609. The van der Waals surface area contributed by atoms with Crippen molar-refractivity contribution >= 4 is 28.4 Å². The van der Waals surface area contributed by atoms with Gasteiger partial charge < -0.3 is 15.1 Å². The number of hydrogen-bond acceptors (Lipinski definition) is 4. The van der Waals surface area contributed by atoms with Gasteiger partial charge in [-0.1, -0.05) is 18.2 Å². The standard InChI is InChI=1S/C16H18N4O2/c1-19-8-10-20(11-9-19)16(22)15(21)18-13-6-2-4-12-5-3-7-17-14(12)13/h2-7H,8-11H2,1H3,(H,18,21). The highest BCUT2D eigenvalue weighted by atomic mass is 16.2. The van der Waals surface area contributed by atoms with Gasteiger partial charge in [-0.05, 0) is 19.2 Å². The molecule has 0 atom stereocenters. The van der Waals surface area contributed by atoms with Crippen LogP contribution >= 0.6 is 0 Å². The second kappa shape index (κ2) is 6.11. The van der Waals surface area contributed by atoms with Gasteiger partial charge in [-0.3, -0.25) is 14.6 Å². The van der Waals surface area contributed by atoms with E-state index in [-0.39, 0.29) is 0 Å². The van der Waals surface area contributed by atoms with Gasteiger partial charge in [0.15, 0.2) is 0 Å². The molecule has 114 valence electrons. The Kier molecular flexibility index (Phi) is 4.02. The summed E-state index contributed by atoms with van der Waals surface area (Å²) in [5.41, 5.74) is 1.25. The third-order valence-corrected chi connectivity index (χ3v) is 3.87. The molecule has 22 heavy (non-hydrogen) atoms. The van der Waals surface area contributed by atoms with Gasteiger partial charge in [-0.15, -0.1) is 0 Å². The molecular formula is C16H18N4O2. The Morgan fingerprint density at radius 3 is 2.59 bits per heavy atom. The van der Waals surface area contributed by atoms with E-state index in [1.165, 1.54) is 0 Å². The number of aromatic nitrogens is 1. The van der Waals surface area contributed by atoms with Gasteiger partial charge in [0.1, 0.15) is 0 Å². The zero-order chi connectivity index (χ0) is 15.5. The Bertz CT molecular complexity index is 703. The quantitative estimate of drug-likeness (QED) is 0.796. The van der Waals surface area contributed by atoms with Crippen LogP contribution in [-0.2, 0) is 9.59 Å². The van der Waals surface area contributed by atoms with E-state index in [2.05, 4.69) is 15.2 Å². The number of fused-ring (bicyclic) bond motifs is 1. The van der Waals surface area contributed by atoms with Crippen LogP contribution in [-0.4, -0.2) is 59.8 Å². The molecule has 2 amide bonds. The number of likely N-dealkylation sites (N-methyl/N-ethyl adjacent to an activating group) is 1. The lowest BCUT2D eigenvalue weighted by Crippen LogP contribution is -2.50. The SMILES string of the molecule is CN1CCN(C(=O)C(=O)Nc2cccc3cccnc23)CC1. The first-order valence-corrected chi connectivity index (χ1v) is 7.28. The highest BCUT2D eigenvalue weighted by Crippen LogP contribution is 2.20. The van der Waals surface area contributed by atoms with Crippen molar-refractivity contribution in [2.24, 2.45) is 0 Å². The third-order valence-electron chi connectivity index (χ3n) is 3.87. The summed E-state index contributed by atoms with van der Waals surface area (Å²) in [6.07, 6.45) is 1.67. The second-order valence-corrected chi connectivity index (χ2v) is 5.43. The van der Waals surface area contributed by atoms with Crippen molar-refractivity contribution in [2.75, 3.05) is 38.5 Å². The van der Waals surface area contributed by atoms with Crippen LogP contribution in [0, 0.1) is 0 Å². The second-order valence-electron chi connectivity index (χ2n) is 5.43. The van der Waals surface area contributed by atoms with Crippen LogP contribution < -0.4 is 5.32 Å². The van der Waals surface area contributed by atoms with Crippen LogP contribution in [0.5, 0.6) is 0 Å². The Morgan fingerprint density at radius 1 is 1.09 bits per heavy atom. The van der Waals surface area contributed by atoms with E-state index in [1.54, 1.807) is 17.2 Å². The number of nitrogens with zero attached hydrogens (tertiary/aromatic N) is 3. The van der Waals surface area contributed by atoms with Crippen LogP contribution in [0.3, 0.4) is 0 Å². The summed E-state index contributed by atoms with van der Waals surface area (Å²) in [6.45, 7) is 2.73. The van der Waals surface area contributed by atoms with Crippen molar-refractivity contribution in [3.05, 3.63) is 36.5 Å². The van der Waals surface area contributed by atoms with E-state index in [0.717, 1.165) is 18.5 Å². The lowest BCUT2D eigenvalue weighted by molar-refractivity contribution is -0.144. The van der Waals surface area contributed by atoms with Crippen LogP contribution in [0.4, 0.5) is 5.69 Å². The molecule has 0 unspecified atom stereocenters. The van der Waals surface area contributed by atoms with Crippen LogP contribution in [0.1, 0.15) is 0 Å². The number of anilines is 1. The van der Waals surface area contributed by atoms with Crippen molar-refractivity contribution in [3.8, 4) is 0 Å². The van der Waals surface area contributed by atoms with E-state index in [0.29, 0.717) is 24.3 Å². The van der Waals surface area contributed by atoms with Crippen molar-refractivity contribution in [1.29, 1.82) is 0 Å². The number of carbonyl (C=O) groups is 2. The van der Waals surface area contributed by atoms with Crippen molar-refractivity contribution in [2.45, 2.75) is 0 Å². The minimum Gasteiger partial charge on any atom is -0.332 e. The van der Waals surface area contributed by atoms with Crippen molar-refractivity contribution < 1.29 is 9.59 Å². The number of rotatable bonds is 1. The Hall–Kier alpha value is -2.47. The van der Waals surface area contributed by atoms with Gasteiger partial charge in [0, 0.05) is 37.8 Å². The smallest absolute Gasteiger partial charge is 0.313 e. The van der Waals surface area contributed by atoms with E-state index in [4.69, 9.17) is 0 Å². The summed E-state index contributed by atoms with van der Waals surface area (Å²) in [4.78, 5) is 32.4. The molecular weight excluding hydrogens is 280 g/mol. The summed E-state index contributed by atoms with van der Waals surface area (Å²) >= 11 is 0. The monoisotopic (exact) mass is 298 g/mol. The molecule has 0 bridgehead atoms. The van der Waals surface area contributed by atoms with Crippen LogP contribution in [0.15, 0.2) is 36.5 Å². The van der Waals surface area contributed by atoms with Gasteiger partial charge in [0.2, 0.25) is 0 Å². The first-order chi connectivity index (χ1) is 10.6. The van der Waals surface area contributed by atoms with Crippen molar-refractivity contribution in [3.63, 3.8) is 0 Å². The molecule has 2 heterocycles. The zero-order valence-electron chi connectivity index (χ0n) is 12.5. The summed E-state index contributed by atoms with van der Waals surface area (Å²) in [5.74, 6) is -1.09. The predicted octanol–water partition coefficient (Wildman–Crippen LogP) is 0.947. The Balaban J connectivity index is 1.74. The number of benzene rings is 1. The highest BCUT2D eigenvalue weighted by Gasteiger charge is 2.25. The molecule has 1 saturated heterocycles. The molecule has 0 spiro atoms. The van der Waals surface area contributed by atoms with Gasteiger partial charge >= 0.3 is 11.8 Å². The lowest BCUT2D eigenvalue weighted by Gasteiger charge is -2.31. The molecule has 3 rings (SSSR count). The molecule has 6 nitrogen and oxygen atoms in total. The molecule has 1 N–H and O–H groups in total. The lowest BCUT2D eigenvalue weighted by atomic mass is 10.2. The molecule has 0 radical (unpaired) electrons. The number of hydrogen-bond donors (Lipinski definition) is 1. The van der Waals surface area contributed by atoms with Crippen molar-refractivity contribution in [1.82, 2.24) is 14.8 Å². The Morgan fingerprint density at radius 2 is 1.82 bits per heavy atom. The fraction of sp³-hybridized carbons (Fsp3) is 0.312. The van der Waals surface area contributed by atoms with Gasteiger partial charge in [-0.2, -0.15) is 0 Å². The first-order valence-electron chi connectivity index (χ1n) is 7.28. The summed E-state index contributed by atoms with van der Waals surface area (Å²) in [7, 11) is 2.00. The maximum atomic E-state index is 12.2. The fourth-order valence-electron chi connectivity index (χ4n) is 2.53. The fourth-order valence-corrected chi connectivity index (χ4v) is 2.53. The number of pyridine rings is 1. The molecule has 1 aromatic heterocycles. The summed E-state index contributed by atoms with van der Waals surface area (Å²) < 4.78 is 0. The highest BCUT2D eigenvalue weighted by molar-refractivity contribution is 6.40. The summed E-state index contributed by atoms with van der Waals surface area (Å²) in [5, 5.41) is 3.61. The van der Waals surface area contributed by atoms with Crippen LogP contribution in [0.25, 0.3) is 10.9 Å². The normalized spacial score (nSPS) is 15.8. The first kappa shape index (κ1) is 14.5. The average molecular weight is 298 g/mol. The van der Waals surface area contributed by atoms with Gasteiger partial charge in [-0.25, -0.2) is 0 Å². The number of piperazine rings is 1.